The van der Waals surface area contributed by atoms with Crippen LogP contribution in [0.2, 0.25) is 0 Å². The first kappa shape index (κ1) is 17.8. The van der Waals surface area contributed by atoms with Gasteiger partial charge in [-0.25, -0.2) is 0 Å². The van der Waals surface area contributed by atoms with Gasteiger partial charge in [-0.1, -0.05) is 48.5 Å². The van der Waals surface area contributed by atoms with E-state index in [0.29, 0.717) is 18.9 Å². The fourth-order valence-electron chi connectivity index (χ4n) is 2.73. The third-order valence-corrected chi connectivity index (χ3v) is 4.08. The summed E-state index contributed by atoms with van der Waals surface area (Å²) in [5.41, 5.74) is 1.14. The second-order valence-corrected chi connectivity index (χ2v) is 6.19. The fraction of sp³-hybridized carbons (Fsp3) is 0.227. The molecular formula is C22H23NO3. The summed E-state index contributed by atoms with van der Waals surface area (Å²) in [4.78, 5) is 12.3. The van der Waals surface area contributed by atoms with Crippen molar-refractivity contribution in [3.63, 3.8) is 0 Å². The highest BCUT2D eigenvalue weighted by molar-refractivity contribution is 5.89. The number of aryl methyl sites for hydroxylation is 1. The van der Waals surface area contributed by atoms with Crippen LogP contribution in [0, 0.1) is 6.92 Å². The van der Waals surface area contributed by atoms with Crippen molar-refractivity contribution in [2.24, 2.45) is 0 Å². The van der Waals surface area contributed by atoms with Gasteiger partial charge in [0, 0.05) is 5.39 Å². The third-order valence-electron chi connectivity index (χ3n) is 4.08. The highest BCUT2D eigenvalue weighted by Gasteiger charge is 2.15. The molecule has 3 aromatic carbocycles. The molecule has 3 rings (SSSR count). The Morgan fingerprint density at radius 2 is 1.81 bits per heavy atom. The molecule has 0 aliphatic rings. The summed E-state index contributed by atoms with van der Waals surface area (Å²) in [6.07, 6.45) is -0.584. The van der Waals surface area contributed by atoms with Gasteiger partial charge in [0.2, 0.25) is 0 Å². The van der Waals surface area contributed by atoms with Crippen molar-refractivity contribution < 1.29 is 14.3 Å². The molecule has 1 N–H and O–H groups in total. The minimum atomic E-state index is -0.584. The first-order valence-corrected chi connectivity index (χ1v) is 8.75. The van der Waals surface area contributed by atoms with Crippen molar-refractivity contribution in [1.29, 1.82) is 0 Å². The van der Waals surface area contributed by atoms with Crippen molar-refractivity contribution in [3.05, 3.63) is 72.3 Å². The van der Waals surface area contributed by atoms with E-state index in [4.69, 9.17) is 9.47 Å². The van der Waals surface area contributed by atoms with Crippen LogP contribution in [-0.2, 0) is 4.79 Å². The van der Waals surface area contributed by atoms with Crippen LogP contribution in [0.5, 0.6) is 11.5 Å². The molecule has 4 nitrogen and oxygen atoms in total. The Bertz CT molecular complexity index is 886. The minimum Gasteiger partial charge on any atom is -0.492 e. The topological polar surface area (TPSA) is 47.6 Å². The average Bonchev–Trinajstić information content (AvgIpc) is 2.65. The van der Waals surface area contributed by atoms with Gasteiger partial charge < -0.3 is 14.8 Å². The lowest BCUT2D eigenvalue weighted by Crippen LogP contribution is -2.38. The second kappa shape index (κ2) is 8.39. The molecule has 0 heterocycles. The summed E-state index contributed by atoms with van der Waals surface area (Å²) >= 11 is 0. The van der Waals surface area contributed by atoms with Crippen LogP contribution >= 0.6 is 0 Å². The predicted octanol–water partition coefficient (Wildman–Crippen LogP) is 4.11. The van der Waals surface area contributed by atoms with Gasteiger partial charge >= 0.3 is 0 Å². The number of hydrogen-bond donors (Lipinski definition) is 1. The molecule has 1 atom stereocenters. The molecule has 0 spiro atoms. The number of benzene rings is 3. The first-order chi connectivity index (χ1) is 12.6. The largest absolute Gasteiger partial charge is 0.492 e. The number of ether oxygens (including phenoxy) is 2. The van der Waals surface area contributed by atoms with E-state index in [1.807, 2.05) is 73.7 Å². The quantitative estimate of drug-likeness (QED) is 0.653. The number of fused-ring (bicyclic) bond motifs is 1. The molecule has 0 saturated heterocycles. The standard InChI is InChI=1S/C22H23NO3/c1-16-7-5-10-19(15-16)25-14-13-23-22(24)17(2)26-21-12-6-9-18-8-3-4-11-20(18)21/h3-12,15,17H,13-14H2,1-2H3,(H,23,24)/t17-/m1/s1. The van der Waals surface area contributed by atoms with E-state index in [9.17, 15) is 4.79 Å². The molecule has 0 radical (unpaired) electrons. The van der Waals surface area contributed by atoms with Gasteiger partial charge in [-0.3, -0.25) is 4.79 Å². The van der Waals surface area contributed by atoms with Crippen molar-refractivity contribution in [3.8, 4) is 11.5 Å². The number of nitrogens with one attached hydrogen (secondary N) is 1. The molecule has 0 aliphatic carbocycles. The second-order valence-electron chi connectivity index (χ2n) is 6.19. The van der Waals surface area contributed by atoms with Crippen LogP contribution in [0.25, 0.3) is 10.8 Å². The highest BCUT2D eigenvalue weighted by atomic mass is 16.5. The van der Waals surface area contributed by atoms with Gasteiger partial charge in [-0.2, -0.15) is 0 Å². The lowest BCUT2D eigenvalue weighted by molar-refractivity contribution is -0.127. The van der Waals surface area contributed by atoms with Crippen LogP contribution < -0.4 is 14.8 Å². The van der Waals surface area contributed by atoms with Crippen LogP contribution in [0.3, 0.4) is 0 Å². The number of rotatable bonds is 7. The van der Waals surface area contributed by atoms with Crippen molar-refractivity contribution >= 4 is 16.7 Å². The van der Waals surface area contributed by atoms with Crippen LogP contribution in [0.4, 0.5) is 0 Å². The molecule has 134 valence electrons. The highest BCUT2D eigenvalue weighted by Crippen LogP contribution is 2.26. The van der Waals surface area contributed by atoms with Gasteiger partial charge in [0.05, 0.1) is 6.54 Å². The Labute approximate surface area is 153 Å². The van der Waals surface area contributed by atoms with Crippen LogP contribution in [0.15, 0.2) is 66.7 Å². The maximum atomic E-state index is 12.3. The zero-order valence-corrected chi connectivity index (χ0v) is 15.1. The molecule has 0 unspecified atom stereocenters. The maximum Gasteiger partial charge on any atom is 0.260 e. The van der Waals surface area contributed by atoms with Gasteiger partial charge in [0.25, 0.3) is 5.91 Å². The summed E-state index contributed by atoms with van der Waals surface area (Å²) in [6, 6.07) is 21.6. The van der Waals surface area contributed by atoms with Gasteiger partial charge in [-0.05, 0) is 43.0 Å². The molecule has 0 saturated carbocycles. The molecule has 3 aromatic rings. The summed E-state index contributed by atoms with van der Waals surface area (Å²) in [7, 11) is 0. The fourth-order valence-corrected chi connectivity index (χ4v) is 2.73. The molecule has 0 bridgehead atoms. The Morgan fingerprint density at radius 1 is 1.04 bits per heavy atom. The molecule has 26 heavy (non-hydrogen) atoms. The van der Waals surface area contributed by atoms with Gasteiger partial charge in [0.15, 0.2) is 6.10 Å². The summed E-state index contributed by atoms with van der Waals surface area (Å²) in [5, 5.41) is 4.93. The lowest BCUT2D eigenvalue weighted by Gasteiger charge is -2.16. The average molecular weight is 349 g/mol. The lowest BCUT2D eigenvalue weighted by atomic mass is 10.1. The smallest absolute Gasteiger partial charge is 0.260 e. The van der Waals surface area contributed by atoms with Crippen LogP contribution in [-0.4, -0.2) is 25.2 Å². The third kappa shape index (κ3) is 4.54. The van der Waals surface area contributed by atoms with E-state index in [2.05, 4.69) is 5.32 Å². The number of hydrogen-bond acceptors (Lipinski definition) is 3. The van der Waals surface area contributed by atoms with Gasteiger partial charge in [-0.15, -0.1) is 0 Å². The van der Waals surface area contributed by atoms with Gasteiger partial charge in [0.1, 0.15) is 18.1 Å². The molecule has 0 aromatic heterocycles. The van der Waals surface area contributed by atoms with E-state index in [0.717, 1.165) is 22.1 Å². The van der Waals surface area contributed by atoms with E-state index >= 15 is 0 Å². The molecule has 1 amide bonds. The monoisotopic (exact) mass is 349 g/mol. The Balaban J connectivity index is 1.50. The van der Waals surface area contributed by atoms with E-state index in [1.165, 1.54) is 0 Å². The first-order valence-electron chi connectivity index (χ1n) is 8.75. The number of amides is 1. The summed E-state index contributed by atoms with van der Waals surface area (Å²) < 4.78 is 11.5. The molecule has 4 heteroatoms. The summed E-state index contributed by atoms with van der Waals surface area (Å²) in [6.45, 7) is 4.60. The summed E-state index contributed by atoms with van der Waals surface area (Å²) in [5.74, 6) is 1.35. The Morgan fingerprint density at radius 3 is 2.65 bits per heavy atom. The maximum absolute atomic E-state index is 12.3. The zero-order valence-electron chi connectivity index (χ0n) is 15.1. The van der Waals surface area contributed by atoms with E-state index in [1.54, 1.807) is 6.92 Å². The SMILES string of the molecule is Cc1cccc(OCCNC(=O)[C@@H](C)Oc2cccc3ccccc23)c1. The normalized spacial score (nSPS) is 11.8. The molecular weight excluding hydrogens is 326 g/mol. The molecule has 0 fully saturated rings. The number of carbonyl (C=O) groups is 1. The van der Waals surface area contributed by atoms with Crippen molar-refractivity contribution in [2.75, 3.05) is 13.2 Å². The van der Waals surface area contributed by atoms with E-state index < -0.39 is 6.10 Å². The van der Waals surface area contributed by atoms with Crippen molar-refractivity contribution in [1.82, 2.24) is 5.32 Å². The Hall–Kier alpha value is -3.01. The van der Waals surface area contributed by atoms with E-state index in [-0.39, 0.29) is 5.91 Å². The predicted molar refractivity (Wildman–Crippen MR) is 104 cm³/mol. The number of carbonyl (C=O) groups excluding carboxylic acids is 1. The molecule has 0 aliphatic heterocycles. The van der Waals surface area contributed by atoms with Crippen molar-refractivity contribution in [2.45, 2.75) is 20.0 Å². The zero-order chi connectivity index (χ0) is 18.4. The van der Waals surface area contributed by atoms with Crippen LogP contribution in [0.1, 0.15) is 12.5 Å². The Kier molecular flexibility index (Phi) is 5.74. The minimum absolute atomic E-state index is 0.161.